The van der Waals surface area contributed by atoms with E-state index < -0.39 is 0 Å². The van der Waals surface area contributed by atoms with Crippen molar-refractivity contribution in [2.45, 2.75) is 24.9 Å². The SMILES string of the molecule is O=C1NC(c2cccc(Cl)c2)CN1C1CCOCC1. The molecule has 1 atom stereocenters. The molecule has 3 rings (SSSR count). The Balaban J connectivity index is 1.72. The molecule has 1 unspecified atom stereocenters. The van der Waals surface area contributed by atoms with Gasteiger partial charge in [-0.05, 0) is 30.5 Å². The van der Waals surface area contributed by atoms with Gasteiger partial charge in [0.25, 0.3) is 0 Å². The maximum atomic E-state index is 12.1. The molecule has 0 aromatic heterocycles. The normalized spacial score (nSPS) is 24.6. The van der Waals surface area contributed by atoms with Crippen LogP contribution in [0.5, 0.6) is 0 Å². The minimum absolute atomic E-state index is 0.0249. The molecule has 1 N–H and O–H groups in total. The molecular formula is C14H17ClN2O2. The molecule has 0 radical (unpaired) electrons. The Kier molecular flexibility index (Phi) is 3.62. The second kappa shape index (κ2) is 5.39. The molecule has 2 aliphatic rings. The van der Waals surface area contributed by atoms with E-state index in [1.54, 1.807) is 0 Å². The van der Waals surface area contributed by atoms with Crippen LogP contribution in [0.1, 0.15) is 24.4 Å². The van der Waals surface area contributed by atoms with E-state index in [0.717, 1.165) is 31.6 Å². The second-order valence-corrected chi connectivity index (χ2v) is 5.49. The first-order valence-electron chi connectivity index (χ1n) is 6.64. The lowest BCUT2D eigenvalue weighted by atomic mass is 10.1. The molecule has 2 amide bonds. The minimum atomic E-state index is 0.0249. The summed E-state index contributed by atoms with van der Waals surface area (Å²) >= 11 is 6.00. The predicted octanol–water partition coefficient (Wildman–Crippen LogP) is 2.59. The van der Waals surface area contributed by atoms with Crippen molar-refractivity contribution >= 4 is 17.6 Å². The Morgan fingerprint density at radius 2 is 2.11 bits per heavy atom. The van der Waals surface area contributed by atoms with Crippen molar-refractivity contribution < 1.29 is 9.53 Å². The number of hydrogen-bond donors (Lipinski definition) is 1. The van der Waals surface area contributed by atoms with Gasteiger partial charge in [-0.1, -0.05) is 23.7 Å². The lowest BCUT2D eigenvalue weighted by molar-refractivity contribution is 0.0510. The molecule has 2 aliphatic heterocycles. The third kappa shape index (κ3) is 2.69. The standard InChI is InChI=1S/C14H17ClN2O2/c15-11-3-1-2-10(8-11)13-9-17(14(18)16-13)12-4-6-19-7-5-12/h1-3,8,12-13H,4-7,9H2,(H,16,18). The number of halogens is 1. The summed E-state index contributed by atoms with van der Waals surface area (Å²) in [6.45, 7) is 2.20. The Morgan fingerprint density at radius 1 is 1.32 bits per heavy atom. The summed E-state index contributed by atoms with van der Waals surface area (Å²) < 4.78 is 5.35. The topological polar surface area (TPSA) is 41.6 Å². The first-order chi connectivity index (χ1) is 9.24. The quantitative estimate of drug-likeness (QED) is 0.905. The van der Waals surface area contributed by atoms with Crippen molar-refractivity contribution in [3.05, 3.63) is 34.9 Å². The van der Waals surface area contributed by atoms with Crippen LogP contribution in [0.15, 0.2) is 24.3 Å². The number of nitrogens with one attached hydrogen (secondary N) is 1. The van der Waals surface area contributed by atoms with Crippen LogP contribution in [-0.4, -0.2) is 36.7 Å². The van der Waals surface area contributed by atoms with E-state index in [2.05, 4.69) is 5.32 Å². The summed E-state index contributed by atoms with van der Waals surface area (Å²) in [5.41, 5.74) is 1.07. The van der Waals surface area contributed by atoms with E-state index in [1.807, 2.05) is 29.2 Å². The van der Waals surface area contributed by atoms with Gasteiger partial charge >= 0.3 is 6.03 Å². The van der Waals surface area contributed by atoms with Crippen molar-refractivity contribution in [1.29, 1.82) is 0 Å². The molecule has 19 heavy (non-hydrogen) atoms. The summed E-state index contributed by atoms with van der Waals surface area (Å²) in [6.07, 6.45) is 1.85. The van der Waals surface area contributed by atoms with Crippen molar-refractivity contribution in [2.75, 3.05) is 19.8 Å². The van der Waals surface area contributed by atoms with Crippen LogP contribution in [0.2, 0.25) is 5.02 Å². The van der Waals surface area contributed by atoms with Crippen LogP contribution in [-0.2, 0) is 4.74 Å². The molecule has 1 aromatic rings. The molecule has 2 heterocycles. The number of rotatable bonds is 2. The Morgan fingerprint density at radius 3 is 2.84 bits per heavy atom. The molecule has 2 fully saturated rings. The average molecular weight is 281 g/mol. The highest BCUT2D eigenvalue weighted by molar-refractivity contribution is 6.30. The van der Waals surface area contributed by atoms with Gasteiger partial charge in [0, 0.05) is 30.8 Å². The molecule has 0 bridgehead atoms. The number of amides is 2. The molecule has 0 spiro atoms. The number of benzene rings is 1. The van der Waals surface area contributed by atoms with Crippen LogP contribution in [0.3, 0.4) is 0 Å². The van der Waals surface area contributed by atoms with Gasteiger partial charge in [-0.15, -0.1) is 0 Å². The van der Waals surface area contributed by atoms with Crippen molar-refractivity contribution in [3.8, 4) is 0 Å². The van der Waals surface area contributed by atoms with Crippen LogP contribution >= 0.6 is 11.6 Å². The zero-order chi connectivity index (χ0) is 13.2. The fourth-order valence-corrected chi connectivity index (χ4v) is 2.98. The number of carbonyl (C=O) groups excluding carboxylic acids is 1. The monoisotopic (exact) mass is 280 g/mol. The van der Waals surface area contributed by atoms with Crippen LogP contribution < -0.4 is 5.32 Å². The Labute approximate surface area is 117 Å². The van der Waals surface area contributed by atoms with Gasteiger partial charge in [-0.3, -0.25) is 0 Å². The largest absolute Gasteiger partial charge is 0.381 e. The lowest BCUT2D eigenvalue weighted by Gasteiger charge is -2.30. The number of urea groups is 1. The van der Waals surface area contributed by atoms with Gasteiger partial charge in [0.1, 0.15) is 0 Å². The summed E-state index contributed by atoms with van der Waals surface area (Å²) in [6, 6.07) is 8.05. The minimum Gasteiger partial charge on any atom is -0.381 e. The van der Waals surface area contributed by atoms with Crippen LogP contribution in [0.4, 0.5) is 4.79 Å². The molecule has 2 saturated heterocycles. The zero-order valence-electron chi connectivity index (χ0n) is 10.6. The zero-order valence-corrected chi connectivity index (χ0v) is 11.4. The third-order valence-electron chi connectivity index (χ3n) is 3.82. The molecule has 4 nitrogen and oxygen atoms in total. The summed E-state index contributed by atoms with van der Waals surface area (Å²) in [7, 11) is 0. The lowest BCUT2D eigenvalue weighted by Crippen LogP contribution is -2.41. The summed E-state index contributed by atoms with van der Waals surface area (Å²) in [5, 5.41) is 3.74. The van der Waals surface area contributed by atoms with E-state index >= 15 is 0 Å². The molecule has 1 aromatic carbocycles. The van der Waals surface area contributed by atoms with Crippen LogP contribution in [0, 0.1) is 0 Å². The first kappa shape index (κ1) is 12.8. The summed E-state index contributed by atoms with van der Waals surface area (Å²) in [5.74, 6) is 0. The fraction of sp³-hybridized carbons (Fsp3) is 0.500. The number of hydrogen-bond acceptors (Lipinski definition) is 2. The van der Waals surface area contributed by atoms with Crippen LogP contribution in [0.25, 0.3) is 0 Å². The average Bonchev–Trinajstić information content (AvgIpc) is 2.82. The maximum absolute atomic E-state index is 12.1. The van der Waals surface area contributed by atoms with Gasteiger partial charge in [-0.25, -0.2) is 4.79 Å². The number of ether oxygens (including phenoxy) is 1. The maximum Gasteiger partial charge on any atom is 0.318 e. The van der Waals surface area contributed by atoms with E-state index in [0.29, 0.717) is 17.6 Å². The van der Waals surface area contributed by atoms with Gasteiger partial charge in [0.05, 0.1) is 6.04 Å². The smallest absolute Gasteiger partial charge is 0.318 e. The first-order valence-corrected chi connectivity index (χ1v) is 7.02. The predicted molar refractivity (Wildman–Crippen MR) is 73.3 cm³/mol. The van der Waals surface area contributed by atoms with E-state index in [9.17, 15) is 4.79 Å². The number of nitrogens with zero attached hydrogens (tertiary/aromatic N) is 1. The highest BCUT2D eigenvalue weighted by atomic mass is 35.5. The fourth-order valence-electron chi connectivity index (χ4n) is 2.78. The Bertz CT molecular complexity index is 474. The third-order valence-corrected chi connectivity index (χ3v) is 4.06. The van der Waals surface area contributed by atoms with Gasteiger partial charge in [-0.2, -0.15) is 0 Å². The number of carbonyl (C=O) groups is 1. The highest BCUT2D eigenvalue weighted by Gasteiger charge is 2.35. The molecule has 0 saturated carbocycles. The van der Waals surface area contributed by atoms with E-state index in [-0.39, 0.29) is 12.1 Å². The van der Waals surface area contributed by atoms with E-state index in [1.165, 1.54) is 0 Å². The second-order valence-electron chi connectivity index (χ2n) is 5.05. The van der Waals surface area contributed by atoms with Crippen molar-refractivity contribution in [1.82, 2.24) is 10.2 Å². The highest BCUT2D eigenvalue weighted by Crippen LogP contribution is 2.26. The molecule has 102 valence electrons. The van der Waals surface area contributed by atoms with Gasteiger partial charge in [0.15, 0.2) is 0 Å². The molecule has 5 heteroatoms. The van der Waals surface area contributed by atoms with Gasteiger partial charge in [0.2, 0.25) is 0 Å². The Hall–Kier alpha value is -1.26. The van der Waals surface area contributed by atoms with E-state index in [4.69, 9.17) is 16.3 Å². The van der Waals surface area contributed by atoms with Gasteiger partial charge < -0.3 is 15.0 Å². The molecule has 0 aliphatic carbocycles. The van der Waals surface area contributed by atoms with Crippen molar-refractivity contribution in [2.24, 2.45) is 0 Å². The summed E-state index contributed by atoms with van der Waals surface area (Å²) in [4.78, 5) is 14.0. The molecular weight excluding hydrogens is 264 g/mol. The van der Waals surface area contributed by atoms with Crippen molar-refractivity contribution in [3.63, 3.8) is 0 Å².